The van der Waals surface area contributed by atoms with Crippen molar-refractivity contribution in [2.45, 2.75) is 101 Å². The number of amides is 3. The Morgan fingerprint density at radius 1 is 0.760 bits per heavy atom. The molecule has 50 heavy (non-hydrogen) atoms. The van der Waals surface area contributed by atoms with E-state index in [-0.39, 0.29) is 81.3 Å². The van der Waals surface area contributed by atoms with Gasteiger partial charge in [-0.2, -0.15) is 0 Å². The van der Waals surface area contributed by atoms with Crippen LogP contribution in [0.5, 0.6) is 23.0 Å². The van der Waals surface area contributed by atoms with Crippen molar-refractivity contribution >= 4 is 24.0 Å². The van der Waals surface area contributed by atoms with Crippen molar-refractivity contribution < 1.29 is 38.1 Å². The first-order valence-corrected chi connectivity index (χ1v) is 18.1. The molecule has 10 heteroatoms. The average molecular weight is 683 g/mol. The average Bonchev–Trinajstić information content (AvgIpc) is 3.52. The molecule has 264 valence electrons. The van der Waals surface area contributed by atoms with Crippen LogP contribution >= 0.6 is 0 Å². The highest BCUT2D eigenvalue weighted by Gasteiger charge is 2.66. The highest BCUT2D eigenvalue weighted by atomic mass is 16.6. The number of carbonyl (C=O) groups is 4. The topological polar surface area (TPSA) is 112 Å². The van der Waals surface area contributed by atoms with Crippen molar-refractivity contribution in [1.82, 2.24) is 9.80 Å². The Morgan fingerprint density at radius 2 is 1.28 bits per heavy atom. The van der Waals surface area contributed by atoms with E-state index in [0.29, 0.717) is 54.0 Å². The number of carbonyl (C=O) groups excluding carboxylic acids is 4. The van der Waals surface area contributed by atoms with Crippen molar-refractivity contribution in [3.8, 4) is 23.0 Å². The summed E-state index contributed by atoms with van der Waals surface area (Å²) >= 11 is 0. The van der Waals surface area contributed by atoms with Crippen LogP contribution in [0.25, 0.3) is 0 Å². The fourth-order valence-electron chi connectivity index (χ4n) is 11.6. The Labute approximate surface area is 292 Å². The van der Waals surface area contributed by atoms with Crippen LogP contribution < -0.4 is 9.47 Å². The van der Waals surface area contributed by atoms with Gasteiger partial charge in [0, 0.05) is 32.1 Å². The zero-order valence-corrected chi connectivity index (χ0v) is 29.9. The van der Waals surface area contributed by atoms with Gasteiger partial charge in [0.15, 0.2) is 29.3 Å². The molecule has 9 rings (SSSR count). The van der Waals surface area contributed by atoms with Gasteiger partial charge in [-0.15, -0.1) is 0 Å². The minimum absolute atomic E-state index is 0.0330. The van der Waals surface area contributed by atoms with E-state index in [1.54, 1.807) is 33.3 Å². The van der Waals surface area contributed by atoms with Crippen molar-refractivity contribution in [2.24, 2.45) is 29.1 Å². The fraction of sp³-hybridized carbons (Fsp3) is 0.600. The summed E-state index contributed by atoms with van der Waals surface area (Å²) in [6, 6.07) is 7.52. The van der Waals surface area contributed by atoms with E-state index in [0.717, 1.165) is 25.7 Å². The molecule has 0 bridgehead atoms. The summed E-state index contributed by atoms with van der Waals surface area (Å²) < 4.78 is 26.7. The molecule has 3 heterocycles. The van der Waals surface area contributed by atoms with E-state index in [1.165, 1.54) is 20.9 Å². The summed E-state index contributed by atoms with van der Waals surface area (Å²) in [5.74, 6) is 1.75. The van der Waals surface area contributed by atoms with E-state index in [2.05, 4.69) is 39.8 Å². The number of nitrogens with zero attached hydrogens (tertiary/aromatic N) is 2. The summed E-state index contributed by atoms with van der Waals surface area (Å²) in [6.07, 6.45) is 5.11. The van der Waals surface area contributed by atoms with Crippen LogP contribution in [0.3, 0.4) is 0 Å². The molecule has 3 amide bonds. The molecule has 3 aliphatic heterocycles. The lowest BCUT2D eigenvalue weighted by Gasteiger charge is -2.52. The molecule has 4 aliphatic carbocycles. The molecule has 10 nitrogen and oxygen atoms in total. The number of ether oxygens (including phenoxy) is 4. The van der Waals surface area contributed by atoms with Gasteiger partial charge in [0.1, 0.15) is 0 Å². The SMILES string of the molecule is CN(C)C(=O)c1cc2c(cc1C=O)Oc1cc3c(cc1O2)C1(CC3(C)C)CC(C)(C)C2CC3OC4CC5C(=O)N(C)C(=O)C5CC4OC3CC21. The summed E-state index contributed by atoms with van der Waals surface area (Å²) in [5, 5.41) is 0. The first-order chi connectivity index (χ1) is 23.6. The van der Waals surface area contributed by atoms with Crippen LogP contribution in [-0.4, -0.2) is 79.4 Å². The summed E-state index contributed by atoms with van der Waals surface area (Å²) in [4.78, 5) is 53.4. The van der Waals surface area contributed by atoms with Crippen molar-refractivity contribution in [1.29, 1.82) is 0 Å². The maximum atomic E-state index is 12.9. The van der Waals surface area contributed by atoms with Gasteiger partial charge < -0.3 is 23.8 Å². The second-order valence-corrected chi connectivity index (χ2v) is 17.7. The molecule has 5 fully saturated rings. The molecule has 1 spiro atoms. The van der Waals surface area contributed by atoms with E-state index in [1.807, 2.05) is 0 Å². The number of imide groups is 1. The third-order valence-electron chi connectivity index (χ3n) is 13.7. The van der Waals surface area contributed by atoms with Gasteiger partial charge in [-0.05, 0) is 96.6 Å². The molecular formula is C40H46N2O8. The molecule has 7 aliphatic rings. The van der Waals surface area contributed by atoms with Crippen LogP contribution in [0, 0.1) is 29.1 Å². The predicted octanol–water partition coefficient (Wildman–Crippen LogP) is 6.02. The van der Waals surface area contributed by atoms with Gasteiger partial charge >= 0.3 is 0 Å². The molecule has 3 saturated carbocycles. The number of rotatable bonds is 2. The Hall–Kier alpha value is -3.76. The van der Waals surface area contributed by atoms with Crippen LogP contribution in [0.4, 0.5) is 0 Å². The van der Waals surface area contributed by atoms with Crippen LogP contribution in [0.15, 0.2) is 24.3 Å². The number of benzene rings is 2. The second kappa shape index (κ2) is 10.4. The molecular weight excluding hydrogens is 636 g/mol. The number of hydrogen-bond acceptors (Lipinski definition) is 8. The zero-order chi connectivity index (χ0) is 35.2. The molecule has 9 unspecified atom stereocenters. The van der Waals surface area contributed by atoms with Crippen molar-refractivity contribution in [3.05, 3.63) is 46.5 Å². The quantitative estimate of drug-likeness (QED) is 0.238. The number of aldehydes is 1. The van der Waals surface area contributed by atoms with Crippen LogP contribution in [0.2, 0.25) is 0 Å². The van der Waals surface area contributed by atoms with E-state index >= 15 is 0 Å². The summed E-state index contributed by atoms with van der Waals surface area (Å²) in [5.41, 5.74) is 2.90. The molecule has 2 saturated heterocycles. The highest BCUT2D eigenvalue weighted by Crippen LogP contribution is 2.70. The van der Waals surface area contributed by atoms with E-state index in [9.17, 15) is 19.2 Å². The Balaban J connectivity index is 1.05. The second-order valence-electron chi connectivity index (χ2n) is 17.7. The maximum Gasteiger partial charge on any atom is 0.254 e. The Bertz CT molecular complexity index is 1880. The number of likely N-dealkylation sites (tertiary alicyclic amines) is 1. The Morgan fingerprint density at radius 3 is 1.86 bits per heavy atom. The van der Waals surface area contributed by atoms with Crippen molar-refractivity contribution in [2.75, 3.05) is 21.1 Å². The lowest BCUT2D eigenvalue weighted by atomic mass is 9.63. The predicted molar refractivity (Wildman–Crippen MR) is 182 cm³/mol. The molecule has 2 aromatic rings. The highest BCUT2D eigenvalue weighted by molar-refractivity contribution is 6.05. The van der Waals surface area contributed by atoms with Gasteiger partial charge in [0.25, 0.3) is 5.91 Å². The standard InChI is InChI=1S/C40H46N2O8/c1-38(2)17-40(25-14-33-31(12-23(25)38)47-27-8-19(16-43)20(9-28(27)48-33)35(44)41(5)6)18-39(3,4)24-13-32-34(15-26(24)40)50-30-11-22-21(10-29(30)49-32)36(45)42(7)37(22)46/h8-9,12,14,16,21-22,24,26,29-30,32,34H,10-11,13,15,17-18H2,1-7H3. The molecule has 0 N–H and O–H groups in total. The van der Waals surface area contributed by atoms with E-state index < -0.39 is 0 Å². The van der Waals surface area contributed by atoms with Gasteiger partial charge in [-0.25, -0.2) is 0 Å². The lowest BCUT2D eigenvalue weighted by molar-refractivity contribution is -0.259. The van der Waals surface area contributed by atoms with Gasteiger partial charge in [0.05, 0.1) is 41.8 Å². The molecule has 2 aromatic carbocycles. The zero-order valence-electron chi connectivity index (χ0n) is 29.9. The third-order valence-corrected chi connectivity index (χ3v) is 13.7. The summed E-state index contributed by atoms with van der Waals surface area (Å²) in [6.45, 7) is 9.45. The smallest absolute Gasteiger partial charge is 0.254 e. The first-order valence-electron chi connectivity index (χ1n) is 18.1. The van der Waals surface area contributed by atoms with E-state index in [4.69, 9.17) is 18.9 Å². The third kappa shape index (κ3) is 4.33. The number of hydrogen-bond donors (Lipinski definition) is 0. The first kappa shape index (κ1) is 32.2. The molecule has 0 aromatic heterocycles. The number of fused-ring (bicyclic) bond motifs is 9. The van der Waals surface area contributed by atoms with Crippen molar-refractivity contribution in [3.63, 3.8) is 0 Å². The largest absolute Gasteiger partial charge is 0.449 e. The fourth-order valence-corrected chi connectivity index (χ4v) is 11.6. The van der Waals surface area contributed by atoms with Gasteiger partial charge in [0.2, 0.25) is 11.8 Å². The monoisotopic (exact) mass is 682 g/mol. The minimum atomic E-state index is -0.315. The minimum Gasteiger partial charge on any atom is -0.449 e. The molecule has 0 radical (unpaired) electrons. The van der Waals surface area contributed by atoms with Gasteiger partial charge in [-0.1, -0.05) is 27.7 Å². The van der Waals surface area contributed by atoms with Crippen LogP contribution in [0.1, 0.15) is 98.1 Å². The normalized spacial score (nSPS) is 36.6. The lowest BCUT2D eigenvalue weighted by Crippen LogP contribution is -2.57. The Kier molecular flexibility index (Phi) is 6.70. The summed E-state index contributed by atoms with van der Waals surface area (Å²) in [7, 11) is 4.90. The maximum absolute atomic E-state index is 12.9. The van der Waals surface area contributed by atoms with Gasteiger partial charge in [-0.3, -0.25) is 24.1 Å². The molecule has 9 atom stereocenters. The van der Waals surface area contributed by atoms with Crippen LogP contribution in [-0.2, 0) is 29.9 Å².